The minimum atomic E-state index is -0.624. The van der Waals surface area contributed by atoms with Gasteiger partial charge in [-0.1, -0.05) is 12.2 Å². The van der Waals surface area contributed by atoms with E-state index in [1.807, 2.05) is 0 Å². The van der Waals surface area contributed by atoms with Crippen LogP contribution in [0.25, 0.3) is 0 Å². The van der Waals surface area contributed by atoms with Crippen molar-refractivity contribution >= 4 is 35.5 Å². The number of hydrogen-bond acceptors (Lipinski definition) is 9. The van der Waals surface area contributed by atoms with Crippen LogP contribution in [0.4, 0.5) is 5.69 Å². The number of amides is 1. The van der Waals surface area contributed by atoms with Gasteiger partial charge in [0.1, 0.15) is 0 Å². The van der Waals surface area contributed by atoms with Crippen molar-refractivity contribution in [3.05, 3.63) is 54.0 Å². The number of nitrogens with one attached hydrogen (secondary N) is 1. The van der Waals surface area contributed by atoms with Gasteiger partial charge in [0.15, 0.2) is 23.0 Å². The van der Waals surface area contributed by atoms with Crippen LogP contribution in [0.15, 0.2) is 54.0 Å². The number of esters is 4. The van der Waals surface area contributed by atoms with Crippen LogP contribution in [0.3, 0.4) is 0 Å². The molecule has 0 heterocycles. The second kappa shape index (κ2) is 11.4. The molecule has 0 radical (unpaired) electrons. The zero-order chi connectivity index (χ0) is 24.5. The Bertz CT molecular complexity index is 1070. The van der Waals surface area contributed by atoms with E-state index in [1.165, 1.54) is 58.0 Å². The van der Waals surface area contributed by atoms with E-state index >= 15 is 0 Å². The Morgan fingerprint density at radius 1 is 0.848 bits per heavy atom. The molecule has 1 unspecified atom stereocenters. The molecule has 2 rings (SSSR count). The molecule has 1 aromatic carbocycles. The van der Waals surface area contributed by atoms with Crippen molar-refractivity contribution in [3.8, 4) is 11.5 Å². The van der Waals surface area contributed by atoms with E-state index in [-0.39, 0.29) is 35.4 Å². The van der Waals surface area contributed by atoms with Gasteiger partial charge in [-0.15, -0.1) is 0 Å². The summed E-state index contributed by atoms with van der Waals surface area (Å²) in [5, 5.41) is 2.61. The van der Waals surface area contributed by atoms with Crippen LogP contribution in [0, 0.1) is 5.92 Å². The van der Waals surface area contributed by atoms with Gasteiger partial charge in [-0.25, -0.2) is 0 Å². The molecular formula is C23H23NO9. The molecule has 0 spiro atoms. The zero-order valence-corrected chi connectivity index (χ0v) is 18.5. The summed E-state index contributed by atoms with van der Waals surface area (Å²) in [6.45, 7) is 4.85. The van der Waals surface area contributed by atoms with E-state index in [4.69, 9.17) is 18.9 Å². The lowest BCUT2D eigenvalue weighted by Crippen LogP contribution is -2.13. The minimum Gasteiger partial charge on any atom is -0.427 e. The molecule has 0 bridgehead atoms. The number of allylic oxidation sites excluding steroid dienone is 4. The first-order valence-electron chi connectivity index (χ1n) is 9.81. The average molecular weight is 457 g/mol. The minimum absolute atomic E-state index is 0.0242. The maximum atomic E-state index is 12.3. The standard InChI is InChI=1S/C23H23NO9/c1-13(25)30-19-8-5-17(11-21(19)32-15(3)27)6-10-23(29)24-18-7-9-20(31-14(2)26)22(12-18)33-16(4)28/h5-10,12,17H,11H2,1-4H3,(H,24,29)/b10-6+. The average Bonchev–Trinajstić information content (AvgIpc) is 2.68. The van der Waals surface area contributed by atoms with Gasteiger partial charge in [0, 0.05) is 51.8 Å². The van der Waals surface area contributed by atoms with Crippen LogP contribution in [0.2, 0.25) is 0 Å². The van der Waals surface area contributed by atoms with Gasteiger partial charge in [-0.2, -0.15) is 0 Å². The van der Waals surface area contributed by atoms with Gasteiger partial charge in [-0.05, 0) is 24.3 Å². The van der Waals surface area contributed by atoms with Gasteiger partial charge in [0.05, 0.1) is 0 Å². The molecule has 1 aliphatic rings. The van der Waals surface area contributed by atoms with Crippen LogP contribution >= 0.6 is 0 Å². The quantitative estimate of drug-likeness (QED) is 0.372. The molecule has 0 aliphatic heterocycles. The van der Waals surface area contributed by atoms with E-state index in [2.05, 4.69) is 5.32 Å². The second-order valence-corrected chi connectivity index (χ2v) is 6.90. The van der Waals surface area contributed by atoms with Crippen LogP contribution in [-0.2, 0) is 33.4 Å². The van der Waals surface area contributed by atoms with Crippen molar-refractivity contribution in [2.24, 2.45) is 5.92 Å². The molecule has 1 amide bonds. The van der Waals surface area contributed by atoms with Gasteiger partial charge < -0.3 is 24.3 Å². The fourth-order valence-electron chi connectivity index (χ4n) is 2.78. The van der Waals surface area contributed by atoms with Crippen molar-refractivity contribution in [2.45, 2.75) is 34.1 Å². The summed E-state index contributed by atoms with van der Waals surface area (Å²) in [5.74, 6) is -2.79. The number of anilines is 1. The molecule has 33 heavy (non-hydrogen) atoms. The third-order valence-electron chi connectivity index (χ3n) is 3.92. The molecule has 0 saturated carbocycles. The highest BCUT2D eigenvalue weighted by atomic mass is 16.6. The first-order valence-corrected chi connectivity index (χ1v) is 9.81. The normalized spacial score (nSPS) is 15.1. The van der Waals surface area contributed by atoms with Gasteiger partial charge in [0.25, 0.3) is 0 Å². The maximum Gasteiger partial charge on any atom is 0.308 e. The Morgan fingerprint density at radius 2 is 1.45 bits per heavy atom. The number of hydrogen-bond donors (Lipinski definition) is 1. The van der Waals surface area contributed by atoms with Crippen LogP contribution in [0.5, 0.6) is 11.5 Å². The Labute approximate surface area is 189 Å². The van der Waals surface area contributed by atoms with E-state index in [0.29, 0.717) is 5.69 Å². The number of ether oxygens (including phenoxy) is 4. The summed E-state index contributed by atoms with van der Waals surface area (Å²) >= 11 is 0. The molecule has 10 nitrogen and oxygen atoms in total. The summed E-state index contributed by atoms with van der Waals surface area (Å²) in [4.78, 5) is 57.4. The predicted octanol–water partition coefficient (Wildman–Crippen LogP) is 2.95. The van der Waals surface area contributed by atoms with Crippen molar-refractivity contribution in [2.75, 3.05) is 5.32 Å². The van der Waals surface area contributed by atoms with Crippen molar-refractivity contribution in [1.82, 2.24) is 0 Å². The number of benzene rings is 1. The van der Waals surface area contributed by atoms with Crippen LogP contribution < -0.4 is 14.8 Å². The summed E-state index contributed by atoms with van der Waals surface area (Å²) < 4.78 is 20.2. The Balaban J connectivity index is 2.09. The number of carbonyl (C=O) groups is 5. The van der Waals surface area contributed by atoms with E-state index in [9.17, 15) is 24.0 Å². The fourth-order valence-corrected chi connectivity index (χ4v) is 2.78. The molecule has 0 fully saturated rings. The van der Waals surface area contributed by atoms with Crippen molar-refractivity contribution in [3.63, 3.8) is 0 Å². The zero-order valence-electron chi connectivity index (χ0n) is 18.5. The maximum absolute atomic E-state index is 12.3. The molecule has 10 heteroatoms. The van der Waals surface area contributed by atoms with E-state index in [0.717, 1.165) is 0 Å². The van der Waals surface area contributed by atoms with Crippen molar-refractivity contribution < 1.29 is 42.9 Å². The highest BCUT2D eigenvalue weighted by Gasteiger charge is 2.20. The predicted molar refractivity (Wildman–Crippen MR) is 115 cm³/mol. The van der Waals surface area contributed by atoms with Crippen LogP contribution in [-0.4, -0.2) is 29.8 Å². The van der Waals surface area contributed by atoms with E-state index in [1.54, 1.807) is 12.2 Å². The highest BCUT2D eigenvalue weighted by Crippen LogP contribution is 2.31. The molecular weight excluding hydrogens is 434 g/mol. The molecule has 1 aliphatic carbocycles. The van der Waals surface area contributed by atoms with Gasteiger partial charge >= 0.3 is 23.9 Å². The summed E-state index contributed by atoms with van der Waals surface area (Å²) in [6, 6.07) is 4.21. The Morgan fingerprint density at radius 3 is 2.06 bits per heavy atom. The lowest BCUT2D eigenvalue weighted by Gasteiger charge is -2.18. The molecule has 0 saturated heterocycles. The molecule has 1 N–H and O–H groups in total. The Hall–Kier alpha value is -4.21. The topological polar surface area (TPSA) is 134 Å². The fraction of sp³-hybridized carbons (Fsp3) is 0.261. The third kappa shape index (κ3) is 8.44. The smallest absolute Gasteiger partial charge is 0.308 e. The second-order valence-electron chi connectivity index (χ2n) is 6.90. The molecule has 174 valence electrons. The summed E-state index contributed by atoms with van der Waals surface area (Å²) in [7, 11) is 0. The lowest BCUT2D eigenvalue weighted by atomic mass is 9.97. The molecule has 0 aromatic heterocycles. The van der Waals surface area contributed by atoms with Gasteiger partial charge in [0.2, 0.25) is 5.91 Å². The Kier molecular flexibility index (Phi) is 8.67. The first kappa shape index (κ1) is 25.1. The third-order valence-corrected chi connectivity index (χ3v) is 3.92. The number of rotatable bonds is 7. The van der Waals surface area contributed by atoms with E-state index < -0.39 is 29.8 Å². The largest absolute Gasteiger partial charge is 0.427 e. The SMILES string of the molecule is CC(=O)OC1=C(OC(C)=O)CC(/C=C/C(=O)Nc2ccc(OC(C)=O)c(OC(C)=O)c2)C=C1. The van der Waals surface area contributed by atoms with Crippen molar-refractivity contribution in [1.29, 1.82) is 0 Å². The highest BCUT2D eigenvalue weighted by molar-refractivity contribution is 5.99. The summed E-state index contributed by atoms with van der Waals surface area (Å²) in [6.07, 6.45) is 6.26. The molecule has 1 atom stereocenters. The van der Waals surface area contributed by atoms with Gasteiger partial charge in [-0.3, -0.25) is 24.0 Å². The lowest BCUT2D eigenvalue weighted by molar-refractivity contribution is -0.141. The monoisotopic (exact) mass is 457 g/mol. The molecule has 1 aromatic rings. The van der Waals surface area contributed by atoms with Crippen LogP contribution in [0.1, 0.15) is 34.1 Å². The summed E-state index contributed by atoms with van der Waals surface area (Å²) in [5.41, 5.74) is 0.300. The number of carbonyl (C=O) groups excluding carboxylic acids is 5. The first-order chi connectivity index (χ1) is 15.5.